The zero-order valence-electron chi connectivity index (χ0n) is 19.2. The lowest BCUT2D eigenvalue weighted by atomic mass is 10.0. The first kappa shape index (κ1) is 23.6. The van der Waals surface area contributed by atoms with Crippen molar-refractivity contribution < 1.29 is 24.5 Å². The number of carbonyl (C=O) groups is 1. The Bertz CT molecular complexity index is 1490. The Labute approximate surface area is 210 Å². The standard InChI is InChI=1S/C25H22ClN5O5/c1-31-19-9-14(11-27-18(13-32)25(33)34)12-28-23(19)24(30-31)29-17-4-2-3-16(22(17)26)15-5-6-20-21(10-15)36-8-7-35-20/h2-6,9-12,18,32H,7-8,13H2,1H3,(H,29,30)(H,33,34)/t18-/m0/s1. The lowest BCUT2D eigenvalue weighted by Crippen LogP contribution is -2.22. The lowest BCUT2D eigenvalue weighted by Gasteiger charge is -2.19. The molecule has 11 heteroatoms. The molecule has 0 bridgehead atoms. The van der Waals surface area contributed by atoms with E-state index in [0.29, 0.717) is 57.8 Å². The Hall–Kier alpha value is -4.15. The van der Waals surface area contributed by atoms with Crippen LogP contribution >= 0.6 is 11.6 Å². The molecule has 0 aliphatic carbocycles. The van der Waals surface area contributed by atoms with Crippen LogP contribution in [0.2, 0.25) is 5.02 Å². The van der Waals surface area contributed by atoms with Crippen LogP contribution in [-0.4, -0.2) is 63.0 Å². The molecule has 0 fully saturated rings. The fourth-order valence-electron chi connectivity index (χ4n) is 3.86. The van der Waals surface area contributed by atoms with Gasteiger partial charge >= 0.3 is 5.97 Å². The molecule has 2 aromatic carbocycles. The minimum atomic E-state index is -1.23. The van der Waals surface area contributed by atoms with Gasteiger partial charge in [-0.2, -0.15) is 5.10 Å². The molecule has 0 radical (unpaired) electrons. The summed E-state index contributed by atoms with van der Waals surface area (Å²) in [6.07, 6.45) is 2.93. The van der Waals surface area contributed by atoms with Crippen LogP contribution < -0.4 is 14.8 Å². The quantitative estimate of drug-likeness (QED) is 0.323. The Balaban J connectivity index is 1.44. The largest absolute Gasteiger partial charge is 0.486 e. The van der Waals surface area contributed by atoms with Gasteiger partial charge in [-0.15, -0.1) is 0 Å². The number of halogens is 1. The molecule has 0 amide bonds. The zero-order valence-corrected chi connectivity index (χ0v) is 19.9. The summed E-state index contributed by atoms with van der Waals surface area (Å²) in [5.41, 5.74) is 4.26. The van der Waals surface area contributed by atoms with Gasteiger partial charge in [-0.05, 0) is 29.8 Å². The maximum atomic E-state index is 11.1. The monoisotopic (exact) mass is 507 g/mol. The van der Waals surface area contributed by atoms with Crippen LogP contribution in [-0.2, 0) is 11.8 Å². The number of aliphatic hydroxyl groups is 1. The van der Waals surface area contributed by atoms with Gasteiger partial charge in [-0.1, -0.05) is 29.8 Å². The van der Waals surface area contributed by atoms with Crippen LogP contribution in [0.1, 0.15) is 5.56 Å². The second kappa shape index (κ2) is 9.84. The Kier molecular flexibility index (Phi) is 6.45. The summed E-state index contributed by atoms with van der Waals surface area (Å²) in [6.45, 7) is 0.437. The number of ether oxygens (including phenoxy) is 2. The number of aliphatic hydroxyl groups excluding tert-OH is 1. The highest BCUT2D eigenvalue weighted by Crippen LogP contribution is 2.40. The average Bonchev–Trinajstić information content (AvgIpc) is 3.19. The highest BCUT2D eigenvalue weighted by Gasteiger charge is 2.17. The molecular formula is C25H22ClN5O5. The van der Waals surface area contributed by atoms with E-state index in [0.717, 1.165) is 11.1 Å². The maximum absolute atomic E-state index is 11.1. The molecule has 4 aromatic rings. The van der Waals surface area contributed by atoms with Gasteiger partial charge in [0.05, 0.1) is 22.8 Å². The summed E-state index contributed by atoms with van der Waals surface area (Å²) in [7, 11) is 1.77. The number of aliphatic carboxylic acids is 1. The number of aromatic nitrogens is 3. The molecule has 36 heavy (non-hydrogen) atoms. The number of nitrogens with one attached hydrogen (secondary N) is 1. The van der Waals surface area contributed by atoms with Gasteiger partial charge in [-0.3, -0.25) is 9.67 Å². The van der Waals surface area contributed by atoms with Crippen molar-refractivity contribution >= 4 is 46.3 Å². The molecule has 0 unspecified atom stereocenters. The lowest BCUT2D eigenvalue weighted by molar-refractivity contribution is -0.139. The zero-order chi connectivity index (χ0) is 25.2. The van der Waals surface area contributed by atoms with Crippen molar-refractivity contribution in [2.24, 2.45) is 12.0 Å². The molecule has 3 N–H and O–H groups in total. The number of benzene rings is 2. The minimum absolute atomic E-state index is 0.501. The van der Waals surface area contributed by atoms with Gasteiger partial charge in [0.1, 0.15) is 18.7 Å². The normalized spacial score (nSPS) is 13.8. The van der Waals surface area contributed by atoms with E-state index in [1.54, 1.807) is 24.0 Å². The molecule has 184 valence electrons. The van der Waals surface area contributed by atoms with Crippen molar-refractivity contribution in [3.63, 3.8) is 0 Å². The number of pyridine rings is 1. The molecular weight excluding hydrogens is 486 g/mol. The number of nitrogens with zero attached hydrogens (tertiary/aromatic N) is 4. The highest BCUT2D eigenvalue weighted by atomic mass is 35.5. The van der Waals surface area contributed by atoms with E-state index >= 15 is 0 Å². The van der Waals surface area contributed by atoms with Crippen molar-refractivity contribution in [2.45, 2.75) is 6.04 Å². The Morgan fingerprint density at radius 2 is 2.06 bits per heavy atom. The predicted molar refractivity (Wildman–Crippen MR) is 136 cm³/mol. The molecule has 0 saturated carbocycles. The third kappa shape index (κ3) is 4.56. The SMILES string of the molecule is Cn1nc(Nc2cccc(-c3ccc4c(c3)OCCO4)c2Cl)c2ncc(C=N[C@@H](CO)C(=O)O)cc21. The third-order valence-electron chi connectivity index (χ3n) is 5.68. The molecule has 10 nitrogen and oxygen atoms in total. The Morgan fingerprint density at radius 1 is 1.25 bits per heavy atom. The number of hydrogen-bond acceptors (Lipinski definition) is 8. The van der Waals surface area contributed by atoms with Crippen LogP contribution in [0.4, 0.5) is 11.5 Å². The molecule has 0 saturated heterocycles. The smallest absolute Gasteiger partial charge is 0.330 e. The molecule has 3 heterocycles. The number of fused-ring (bicyclic) bond motifs is 2. The number of aliphatic imine (C=N–C) groups is 1. The first-order chi connectivity index (χ1) is 17.4. The van der Waals surface area contributed by atoms with E-state index in [2.05, 4.69) is 20.4 Å². The van der Waals surface area contributed by atoms with Crippen LogP contribution in [0.25, 0.3) is 22.2 Å². The second-order valence-corrected chi connectivity index (χ2v) is 8.45. The van der Waals surface area contributed by atoms with Gasteiger partial charge in [0.2, 0.25) is 0 Å². The highest BCUT2D eigenvalue weighted by molar-refractivity contribution is 6.36. The Morgan fingerprint density at radius 3 is 2.83 bits per heavy atom. The molecule has 5 rings (SSSR count). The number of carboxylic acid groups (broad SMARTS) is 1. The molecule has 2 aromatic heterocycles. The van der Waals surface area contributed by atoms with Crippen molar-refractivity contribution in [1.29, 1.82) is 0 Å². The number of hydrogen-bond donors (Lipinski definition) is 3. The maximum Gasteiger partial charge on any atom is 0.330 e. The van der Waals surface area contributed by atoms with E-state index < -0.39 is 18.6 Å². The fraction of sp³-hybridized carbons (Fsp3) is 0.200. The fourth-order valence-corrected chi connectivity index (χ4v) is 4.14. The van der Waals surface area contributed by atoms with E-state index in [-0.39, 0.29) is 0 Å². The summed E-state index contributed by atoms with van der Waals surface area (Å²) < 4.78 is 13.0. The molecule has 0 spiro atoms. The third-order valence-corrected chi connectivity index (χ3v) is 6.09. The van der Waals surface area contributed by atoms with Gasteiger partial charge in [-0.25, -0.2) is 9.78 Å². The van der Waals surface area contributed by atoms with Gasteiger partial charge < -0.3 is 25.0 Å². The van der Waals surface area contributed by atoms with Crippen LogP contribution in [0, 0.1) is 0 Å². The van der Waals surface area contributed by atoms with E-state index in [9.17, 15) is 4.79 Å². The van der Waals surface area contributed by atoms with Crippen molar-refractivity contribution in [3.8, 4) is 22.6 Å². The molecule has 1 atom stereocenters. The first-order valence-corrected chi connectivity index (χ1v) is 11.5. The summed E-state index contributed by atoms with van der Waals surface area (Å²) in [6, 6.07) is 11.9. The molecule has 1 aliphatic heterocycles. The number of aryl methyl sites for hydroxylation is 1. The summed E-state index contributed by atoms with van der Waals surface area (Å²) in [5, 5.41) is 26.5. The minimum Gasteiger partial charge on any atom is -0.486 e. The average molecular weight is 508 g/mol. The van der Waals surface area contributed by atoms with Gasteiger partial charge in [0, 0.05) is 30.6 Å². The van der Waals surface area contributed by atoms with Crippen LogP contribution in [0.5, 0.6) is 11.5 Å². The summed E-state index contributed by atoms with van der Waals surface area (Å²) in [5.74, 6) is 0.697. The number of anilines is 2. The van der Waals surface area contributed by atoms with E-state index in [1.807, 2.05) is 36.4 Å². The van der Waals surface area contributed by atoms with Crippen molar-refractivity contribution in [3.05, 3.63) is 59.2 Å². The second-order valence-electron chi connectivity index (χ2n) is 8.07. The van der Waals surface area contributed by atoms with Crippen molar-refractivity contribution in [1.82, 2.24) is 14.8 Å². The topological polar surface area (TPSA) is 131 Å². The van der Waals surface area contributed by atoms with Crippen LogP contribution in [0.3, 0.4) is 0 Å². The number of carboxylic acids is 1. The van der Waals surface area contributed by atoms with Crippen molar-refractivity contribution in [2.75, 3.05) is 25.1 Å². The summed E-state index contributed by atoms with van der Waals surface area (Å²) >= 11 is 6.79. The van der Waals surface area contributed by atoms with E-state index in [1.165, 1.54) is 6.21 Å². The first-order valence-electron chi connectivity index (χ1n) is 11.1. The van der Waals surface area contributed by atoms with Crippen LogP contribution in [0.15, 0.2) is 53.7 Å². The predicted octanol–water partition coefficient (Wildman–Crippen LogP) is 3.67. The van der Waals surface area contributed by atoms with Gasteiger partial charge in [0.25, 0.3) is 0 Å². The van der Waals surface area contributed by atoms with Gasteiger partial charge in [0.15, 0.2) is 23.4 Å². The number of rotatable bonds is 7. The molecule has 1 aliphatic rings. The van der Waals surface area contributed by atoms with E-state index in [4.69, 9.17) is 31.3 Å². The summed E-state index contributed by atoms with van der Waals surface area (Å²) in [4.78, 5) is 19.5.